The van der Waals surface area contributed by atoms with Crippen molar-refractivity contribution in [1.29, 1.82) is 5.41 Å². The molecule has 142 valence electrons. The number of carbonyl (C=O) groups excluding carboxylic acids is 2. The lowest BCUT2D eigenvalue weighted by Gasteiger charge is -2.25. The van der Waals surface area contributed by atoms with Gasteiger partial charge in [0, 0.05) is 37.5 Å². The zero-order chi connectivity index (χ0) is 20.0. The number of esters is 1. The highest BCUT2D eigenvalue weighted by Crippen LogP contribution is 2.20. The summed E-state index contributed by atoms with van der Waals surface area (Å²) in [6.07, 6.45) is 0.913. The smallest absolute Gasteiger partial charge is 0.328 e. The van der Waals surface area contributed by atoms with Gasteiger partial charge in [0.05, 0.1) is 7.11 Å². The molecule has 0 saturated carbocycles. The van der Waals surface area contributed by atoms with Crippen molar-refractivity contribution in [3.63, 3.8) is 0 Å². The first-order valence-corrected chi connectivity index (χ1v) is 8.45. The van der Waals surface area contributed by atoms with E-state index < -0.39 is 0 Å². The number of nitrogens with two attached hydrogens (primary N) is 1. The first kappa shape index (κ1) is 20.0. The zero-order valence-corrected chi connectivity index (χ0v) is 15.7. The lowest BCUT2D eigenvalue weighted by molar-refractivity contribution is -0.140. The standard InChI is InChI=1S/C20H24N4O3/c1-23(16-9-4-14(5-10-16)6-13-18(25)27-3)20(26)24(2)17-11-7-15(8-12-17)19(21)22/h4-5,7-12H,6,13H2,1-3H3,(H3,21,22). The average Bonchev–Trinajstić information content (AvgIpc) is 2.70. The molecule has 0 bridgehead atoms. The van der Waals surface area contributed by atoms with Gasteiger partial charge in [-0.1, -0.05) is 12.1 Å². The first-order valence-electron chi connectivity index (χ1n) is 8.45. The molecule has 0 spiro atoms. The van der Waals surface area contributed by atoms with Crippen molar-refractivity contribution in [2.45, 2.75) is 12.8 Å². The molecule has 3 N–H and O–H groups in total. The van der Waals surface area contributed by atoms with Crippen LogP contribution in [-0.4, -0.2) is 39.0 Å². The van der Waals surface area contributed by atoms with Gasteiger partial charge in [-0.25, -0.2) is 4.79 Å². The number of nitrogens with zero attached hydrogens (tertiary/aromatic N) is 2. The molecule has 0 unspecified atom stereocenters. The maximum absolute atomic E-state index is 12.7. The molecule has 7 nitrogen and oxygen atoms in total. The molecule has 0 heterocycles. The summed E-state index contributed by atoms with van der Waals surface area (Å²) in [7, 11) is 4.76. The molecule has 2 aromatic carbocycles. The summed E-state index contributed by atoms with van der Waals surface area (Å²) in [5.41, 5.74) is 8.50. The Morgan fingerprint density at radius 2 is 1.44 bits per heavy atom. The maximum Gasteiger partial charge on any atom is 0.328 e. The summed E-state index contributed by atoms with van der Waals surface area (Å²) in [5, 5.41) is 7.42. The number of amides is 2. The number of anilines is 2. The molecule has 2 amide bonds. The van der Waals surface area contributed by atoms with Crippen LogP contribution in [0.5, 0.6) is 0 Å². The van der Waals surface area contributed by atoms with Gasteiger partial charge in [0.15, 0.2) is 0 Å². The van der Waals surface area contributed by atoms with Gasteiger partial charge in [0.1, 0.15) is 5.84 Å². The van der Waals surface area contributed by atoms with Crippen molar-refractivity contribution < 1.29 is 14.3 Å². The predicted octanol–water partition coefficient (Wildman–Crippen LogP) is 2.77. The van der Waals surface area contributed by atoms with Crippen LogP contribution in [0.25, 0.3) is 0 Å². The largest absolute Gasteiger partial charge is 0.469 e. The third-order valence-corrected chi connectivity index (χ3v) is 4.31. The molecular formula is C20H24N4O3. The quantitative estimate of drug-likeness (QED) is 0.465. The summed E-state index contributed by atoms with van der Waals surface area (Å²) in [6.45, 7) is 0. The van der Waals surface area contributed by atoms with Gasteiger partial charge < -0.3 is 10.5 Å². The minimum Gasteiger partial charge on any atom is -0.469 e. The van der Waals surface area contributed by atoms with Crippen molar-refractivity contribution in [3.8, 4) is 0 Å². The van der Waals surface area contributed by atoms with Gasteiger partial charge in [0.2, 0.25) is 0 Å². The lowest BCUT2D eigenvalue weighted by Crippen LogP contribution is -2.38. The number of hydrogen-bond acceptors (Lipinski definition) is 4. The first-order chi connectivity index (χ1) is 12.8. The second kappa shape index (κ2) is 8.84. The van der Waals surface area contributed by atoms with Crippen LogP contribution in [-0.2, 0) is 16.0 Å². The van der Waals surface area contributed by atoms with Crippen LogP contribution in [0, 0.1) is 5.41 Å². The molecule has 2 aromatic rings. The lowest BCUT2D eigenvalue weighted by atomic mass is 10.1. The number of nitrogen functional groups attached to an aromatic ring is 1. The van der Waals surface area contributed by atoms with Crippen LogP contribution in [0.4, 0.5) is 16.2 Å². The van der Waals surface area contributed by atoms with Gasteiger partial charge in [-0.05, 0) is 48.4 Å². The highest BCUT2D eigenvalue weighted by atomic mass is 16.5. The zero-order valence-electron chi connectivity index (χ0n) is 15.7. The van der Waals surface area contributed by atoms with Crippen molar-refractivity contribution >= 4 is 29.2 Å². The van der Waals surface area contributed by atoms with E-state index in [1.165, 1.54) is 12.0 Å². The molecule has 7 heteroatoms. The van der Waals surface area contributed by atoms with Crippen molar-refractivity contribution in [3.05, 3.63) is 59.7 Å². The molecule has 0 aliphatic carbocycles. The minimum atomic E-state index is -0.246. The Bertz CT molecular complexity index is 816. The summed E-state index contributed by atoms with van der Waals surface area (Å²) in [5.74, 6) is -0.260. The fraction of sp³-hybridized carbons (Fsp3) is 0.250. The Balaban J connectivity index is 2.05. The average molecular weight is 368 g/mol. The Hall–Kier alpha value is -3.35. The SMILES string of the molecule is COC(=O)CCc1ccc(N(C)C(=O)N(C)c2ccc(C(=N)N)cc2)cc1. The summed E-state index contributed by atoms with van der Waals surface area (Å²) in [4.78, 5) is 27.0. The maximum atomic E-state index is 12.7. The van der Waals surface area contributed by atoms with Crippen LogP contribution in [0.15, 0.2) is 48.5 Å². The highest BCUT2D eigenvalue weighted by Gasteiger charge is 2.17. The van der Waals surface area contributed by atoms with Crippen LogP contribution in [0.3, 0.4) is 0 Å². The van der Waals surface area contributed by atoms with E-state index in [9.17, 15) is 9.59 Å². The van der Waals surface area contributed by atoms with Gasteiger partial charge in [-0.15, -0.1) is 0 Å². The number of rotatable bonds is 6. The topological polar surface area (TPSA) is 99.7 Å². The second-order valence-electron chi connectivity index (χ2n) is 6.10. The number of urea groups is 1. The molecule has 0 saturated heterocycles. The van der Waals surface area contributed by atoms with Gasteiger partial charge in [0.25, 0.3) is 0 Å². The number of hydrogen-bond donors (Lipinski definition) is 2. The number of ether oxygens (including phenoxy) is 1. The van der Waals surface area contributed by atoms with Crippen molar-refractivity contribution in [2.24, 2.45) is 5.73 Å². The molecule has 0 atom stereocenters. The summed E-state index contributed by atoms with van der Waals surface area (Å²) >= 11 is 0. The molecule has 0 fully saturated rings. The van der Waals surface area contributed by atoms with Crippen LogP contribution >= 0.6 is 0 Å². The molecule has 2 rings (SSSR count). The fourth-order valence-electron chi connectivity index (χ4n) is 2.55. The second-order valence-corrected chi connectivity index (χ2v) is 6.10. The van der Waals surface area contributed by atoms with E-state index in [2.05, 4.69) is 4.74 Å². The molecule has 27 heavy (non-hydrogen) atoms. The van der Waals surface area contributed by atoms with E-state index in [1.54, 1.807) is 43.3 Å². The number of aryl methyl sites for hydroxylation is 1. The third kappa shape index (κ3) is 5.07. The van der Waals surface area contributed by atoms with Crippen LogP contribution in [0.2, 0.25) is 0 Å². The van der Waals surface area contributed by atoms with E-state index in [-0.39, 0.29) is 17.8 Å². The van der Waals surface area contributed by atoms with E-state index in [0.717, 1.165) is 11.3 Å². The predicted molar refractivity (Wildman–Crippen MR) is 106 cm³/mol. The van der Waals surface area contributed by atoms with Gasteiger partial charge in [-0.2, -0.15) is 0 Å². The summed E-state index contributed by atoms with van der Waals surface area (Å²) in [6, 6.07) is 14.2. The molecule has 0 aromatic heterocycles. The Morgan fingerprint density at radius 3 is 1.89 bits per heavy atom. The normalized spacial score (nSPS) is 10.2. The third-order valence-electron chi connectivity index (χ3n) is 4.31. The minimum absolute atomic E-state index is 0.0139. The van der Waals surface area contributed by atoms with E-state index in [0.29, 0.717) is 24.1 Å². The number of amidine groups is 1. The Kier molecular flexibility index (Phi) is 6.54. The molecule has 0 radical (unpaired) electrons. The van der Waals surface area contributed by atoms with Crippen molar-refractivity contribution in [1.82, 2.24) is 0 Å². The summed E-state index contributed by atoms with van der Waals surface area (Å²) < 4.78 is 4.64. The van der Waals surface area contributed by atoms with Crippen molar-refractivity contribution in [2.75, 3.05) is 31.0 Å². The fourth-order valence-corrected chi connectivity index (χ4v) is 2.55. The number of benzene rings is 2. The monoisotopic (exact) mass is 368 g/mol. The van der Waals surface area contributed by atoms with E-state index in [1.807, 2.05) is 24.3 Å². The van der Waals surface area contributed by atoms with Gasteiger partial charge in [-0.3, -0.25) is 20.0 Å². The van der Waals surface area contributed by atoms with Crippen LogP contribution < -0.4 is 15.5 Å². The van der Waals surface area contributed by atoms with E-state index >= 15 is 0 Å². The Labute approximate surface area is 158 Å². The molecule has 0 aliphatic rings. The number of nitrogens with one attached hydrogen (secondary N) is 1. The molecule has 0 aliphatic heterocycles. The van der Waals surface area contributed by atoms with Crippen LogP contribution in [0.1, 0.15) is 17.5 Å². The van der Waals surface area contributed by atoms with E-state index in [4.69, 9.17) is 11.1 Å². The number of carbonyl (C=O) groups is 2. The van der Waals surface area contributed by atoms with Gasteiger partial charge >= 0.3 is 12.0 Å². The highest BCUT2D eigenvalue weighted by molar-refractivity contribution is 6.03. The number of methoxy groups -OCH3 is 1. The Morgan fingerprint density at radius 1 is 0.963 bits per heavy atom. The molecular weight excluding hydrogens is 344 g/mol.